The fourth-order valence-corrected chi connectivity index (χ4v) is 4.34. The third-order valence-electron chi connectivity index (χ3n) is 4.40. The molecule has 132 valence electrons. The molecule has 0 radical (unpaired) electrons. The quantitative estimate of drug-likeness (QED) is 0.625. The minimum atomic E-state index is -0.0209. The van der Waals surface area contributed by atoms with E-state index in [-0.39, 0.29) is 5.25 Å². The van der Waals surface area contributed by atoms with Gasteiger partial charge in [-0.15, -0.1) is 0 Å². The number of rotatable bonds is 2. The Morgan fingerprint density at radius 2 is 1.65 bits per heavy atom. The van der Waals surface area contributed by atoms with Gasteiger partial charge in [0.25, 0.3) is 0 Å². The van der Waals surface area contributed by atoms with E-state index in [1.165, 1.54) is 0 Å². The molecule has 0 amide bonds. The number of furan rings is 2. The van der Waals surface area contributed by atoms with Crippen LogP contribution in [-0.4, -0.2) is 18.3 Å². The Bertz CT molecular complexity index is 1020. The molecule has 2 aliphatic rings. The number of benzene rings is 1. The lowest BCUT2D eigenvalue weighted by atomic mass is 10.1. The number of fused-ring (bicyclic) bond motifs is 2. The predicted octanol–water partition coefficient (Wildman–Crippen LogP) is 5.18. The van der Waals surface area contributed by atoms with Gasteiger partial charge in [-0.2, -0.15) is 0 Å². The van der Waals surface area contributed by atoms with E-state index in [2.05, 4.69) is 0 Å². The van der Waals surface area contributed by atoms with Crippen molar-refractivity contribution >= 4 is 22.5 Å². The number of thioether (sulfide) groups is 1. The molecule has 2 aromatic heterocycles. The standard InChI is InChI=1S/C20H17NO4S/c1-11-3-5-15(24-11)19-13-9-17-18(23-8-7-22-17)10-14(13)21-20(26-19)16-6-4-12(2)25-16/h3-6,9-10,19H,7-8H2,1-2H3. The first-order valence-electron chi connectivity index (χ1n) is 8.49. The molecular weight excluding hydrogens is 350 g/mol. The second-order valence-corrected chi connectivity index (χ2v) is 7.42. The Balaban J connectivity index is 1.67. The highest BCUT2D eigenvalue weighted by molar-refractivity contribution is 8.14. The molecule has 6 heteroatoms. The molecule has 0 spiro atoms. The highest BCUT2D eigenvalue weighted by Crippen LogP contribution is 2.50. The summed E-state index contributed by atoms with van der Waals surface area (Å²) >= 11 is 1.62. The zero-order chi connectivity index (χ0) is 17.7. The van der Waals surface area contributed by atoms with Gasteiger partial charge < -0.3 is 18.3 Å². The van der Waals surface area contributed by atoms with Crippen LogP contribution in [0.1, 0.15) is 33.9 Å². The number of aryl methyl sites for hydroxylation is 2. The largest absolute Gasteiger partial charge is 0.486 e. The summed E-state index contributed by atoms with van der Waals surface area (Å²) < 4.78 is 23.2. The van der Waals surface area contributed by atoms with E-state index < -0.39 is 0 Å². The van der Waals surface area contributed by atoms with Crippen molar-refractivity contribution in [2.75, 3.05) is 13.2 Å². The van der Waals surface area contributed by atoms with E-state index in [0.29, 0.717) is 13.2 Å². The van der Waals surface area contributed by atoms with Crippen LogP contribution in [0, 0.1) is 13.8 Å². The van der Waals surface area contributed by atoms with Crippen molar-refractivity contribution in [3.05, 3.63) is 65.0 Å². The van der Waals surface area contributed by atoms with Crippen molar-refractivity contribution in [1.82, 2.24) is 0 Å². The van der Waals surface area contributed by atoms with E-state index in [9.17, 15) is 0 Å². The normalized spacial score (nSPS) is 18.4. The molecule has 0 aliphatic carbocycles. The van der Waals surface area contributed by atoms with Crippen molar-refractivity contribution in [2.45, 2.75) is 19.1 Å². The summed E-state index contributed by atoms with van der Waals surface area (Å²) in [5.74, 6) is 4.90. The molecule has 0 saturated heterocycles. The lowest BCUT2D eigenvalue weighted by Gasteiger charge is -2.26. The zero-order valence-electron chi connectivity index (χ0n) is 14.4. The van der Waals surface area contributed by atoms with Crippen LogP contribution in [0.25, 0.3) is 0 Å². The Morgan fingerprint density at radius 3 is 2.35 bits per heavy atom. The first-order valence-corrected chi connectivity index (χ1v) is 9.37. The topological polar surface area (TPSA) is 57.1 Å². The van der Waals surface area contributed by atoms with Gasteiger partial charge in [-0.1, -0.05) is 11.8 Å². The first kappa shape index (κ1) is 15.6. The molecule has 26 heavy (non-hydrogen) atoms. The fraction of sp³-hybridized carbons (Fsp3) is 0.250. The van der Waals surface area contributed by atoms with Gasteiger partial charge in [0.1, 0.15) is 35.5 Å². The van der Waals surface area contributed by atoms with Crippen molar-refractivity contribution in [3.8, 4) is 11.5 Å². The third-order valence-corrected chi connectivity index (χ3v) is 5.63. The van der Waals surface area contributed by atoms with Gasteiger partial charge in [0, 0.05) is 11.6 Å². The number of hydrogen-bond donors (Lipinski definition) is 0. The average molecular weight is 367 g/mol. The number of nitrogens with zero attached hydrogens (tertiary/aromatic N) is 1. The SMILES string of the molecule is Cc1ccc(C2=Nc3cc4c(cc3C(c3ccc(C)o3)S2)OCCO4)o1. The molecule has 1 aromatic carbocycles. The van der Waals surface area contributed by atoms with E-state index in [4.69, 9.17) is 23.3 Å². The second-order valence-electron chi connectivity index (χ2n) is 6.33. The van der Waals surface area contributed by atoms with Crippen molar-refractivity contribution in [2.24, 2.45) is 4.99 Å². The molecule has 1 unspecified atom stereocenters. The van der Waals surface area contributed by atoms with Gasteiger partial charge in [0.15, 0.2) is 17.3 Å². The molecular formula is C20H17NO4S. The van der Waals surface area contributed by atoms with Crippen LogP contribution in [-0.2, 0) is 0 Å². The molecule has 0 N–H and O–H groups in total. The van der Waals surface area contributed by atoms with Crippen LogP contribution >= 0.6 is 11.8 Å². The van der Waals surface area contributed by atoms with Gasteiger partial charge in [0.05, 0.1) is 10.9 Å². The summed E-state index contributed by atoms with van der Waals surface area (Å²) in [4.78, 5) is 4.83. The third kappa shape index (κ3) is 2.61. The second kappa shape index (κ2) is 5.99. The molecule has 0 bridgehead atoms. The fourth-order valence-electron chi connectivity index (χ4n) is 3.18. The van der Waals surface area contributed by atoms with E-state index >= 15 is 0 Å². The monoisotopic (exact) mass is 367 g/mol. The number of ether oxygens (including phenoxy) is 2. The summed E-state index contributed by atoms with van der Waals surface area (Å²) in [6, 6.07) is 11.9. The van der Waals surface area contributed by atoms with E-state index in [1.54, 1.807) is 11.8 Å². The summed E-state index contributed by atoms with van der Waals surface area (Å²) in [6.07, 6.45) is 0. The van der Waals surface area contributed by atoms with Gasteiger partial charge in [-0.25, -0.2) is 4.99 Å². The molecule has 1 atom stereocenters. The van der Waals surface area contributed by atoms with Gasteiger partial charge >= 0.3 is 0 Å². The van der Waals surface area contributed by atoms with Crippen LogP contribution in [0.4, 0.5) is 5.69 Å². The maximum absolute atomic E-state index is 5.93. The van der Waals surface area contributed by atoms with Crippen molar-refractivity contribution in [1.29, 1.82) is 0 Å². The van der Waals surface area contributed by atoms with Crippen LogP contribution in [0.2, 0.25) is 0 Å². The van der Waals surface area contributed by atoms with Crippen LogP contribution in [0.3, 0.4) is 0 Å². The molecule has 5 rings (SSSR count). The minimum absolute atomic E-state index is 0.0209. The van der Waals surface area contributed by atoms with E-state index in [1.807, 2.05) is 50.2 Å². The number of aliphatic imine (C=N–C) groups is 1. The maximum Gasteiger partial charge on any atom is 0.163 e. The summed E-state index contributed by atoms with van der Waals surface area (Å²) in [5.41, 5.74) is 1.91. The van der Waals surface area contributed by atoms with Gasteiger partial charge in [-0.3, -0.25) is 0 Å². The van der Waals surface area contributed by atoms with Crippen LogP contribution in [0.5, 0.6) is 11.5 Å². The van der Waals surface area contributed by atoms with Crippen molar-refractivity contribution < 1.29 is 18.3 Å². The van der Waals surface area contributed by atoms with Gasteiger partial charge in [0.2, 0.25) is 0 Å². The average Bonchev–Trinajstić information content (AvgIpc) is 3.27. The molecule has 2 aliphatic heterocycles. The predicted molar refractivity (Wildman–Crippen MR) is 100.0 cm³/mol. The Morgan fingerprint density at radius 1 is 0.923 bits per heavy atom. The van der Waals surface area contributed by atoms with Crippen LogP contribution in [0.15, 0.2) is 50.2 Å². The minimum Gasteiger partial charge on any atom is -0.486 e. The Kier molecular flexibility index (Phi) is 3.60. The highest BCUT2D eigenvalue weighted by Gasteiger charge is 2.31. The summed E-state index contributed by atoms with van der Waals surface area (Å²) in [6.45, 7) is 4.99. The maximum atomic E-state index is 5.93. The Hall–Kier alpha value is -2.60. The lowest BCUT2D eigenvalue weighted by Crippen LogP contribution is -2.16. The highest BCUT2D eigenvalue weighted by atomic mass is 32.2. The number of hydrogen-bond acceptors (Lipinski definition) is 6. The van der Waals surface area contributed by atoms with Crippen molar-refractivity contribution in [3.63, 3.8) is 0 Å². The zero-order valence-corrected chi connectivity index (χ0v) is 15.3. The molecule has 4 heterocycles. The molecule has 0 saturated carbocycles. The summed E-state index contributed by atoms with van der Waals surface area (Å²) in [7, 11) is 0. The van der Waals surface area contributed by atoms with Gasteiger partial charge in [-0.05, 0) is 44.2 Å². The first-order chi connectivity index (χ1) is 12.7. The lowest BCUT2D eigenvalue weighted by molar-refractivity contribution is 0.171. The summed E-state index contributed by atoms with van der Waals surface area (Å²) in [5, 5.41) is 0.814. The van der Waals surface area contributed by atoms with Crippen LogP contribution < -0.4 is 9.47 Å². The van der Waals surface area contributed by atoms with E-state index in [0.717, 1.165) is 50.8 Å². The molecule has 5 nitrogen and oxygen atoms in total. The smallest absolute Gasteiger partial charge is 0.163 e. The molecule has 3 aromatic rings. The Labute approximate surface area is 155 Å². The molecule has 0 fully saturated rings.